The van der Waals surface area contributed by atoms with E-state index < -0.39 is 0 Å². The molecular weight excluding hydrogens is 398 g/mol. The molecule has 1 N–H and O–H groups in total. The Balaban J connectivity index is 1.69. The van der Waals surface area contributed by atoms with E-state index in [2.05, 4.69) is 24.4 Å². The van der Waals surface area contributed by atoms with Crippen LogP contribution in [-0.2, 0) is 16.1 Å². The Hall–Kier alpha value is -3.11. The van der Waals surface area contributed by atoms with Gasteiger partial charge in [0.2, 0.25) is 5.91 Å². The lowest BCUT2D eigenvalue weighted by Gasteiger charge is -2.26. The quantitative estimate of drug-likeness (QED) is 0.411. The van der Waals surface area contributed by atoms with Crippen LogP contribution in [-0.4, -0.2) is 19.6 Å². The number of carbonyl (C=O) groups excluding carboxylic acids is 1. The molecule has 3 rings (SSSR count). The summed E-state index contributed by atoms with van der Waals surface area (Å²) >= 11 is 0. The van der Waals surface area contributed by atoms with Crippen molar-refractivity contribution in [3.8, 4) is 5.75 Å². The molecule has 0 heterocycles. The second-order valence-electron chi connectivity index (χ2n) is 8.08. The number of hydrogen-bond donors (Lipinski definition) is 1. The lowest BCUT2D eigenvalue weighted by Crippen LogP contribution is -2.37. The van der Waals surface area contributed by atoms with E-state index in [0.717, 1.165) is 28.9 Å². The normalized spacial score (nSPS) is 13.7. The Morgan fingerprint density at radius 3 is 2.22 bits per heavy atom. The maximum Gasteiger partial charge on any atom is 0.224 e. The second kappa shape index (κ2) is 12.1. The van der Waals surface area contributed by atoms with Crippen molar-refractivity contribution in [2.75, 3.05) is 13.7 Å². The van der Waals surface area contributed by atoms with Gasteiger partial charge in [0, 0.05) is 13.0 Å². The van der Waals surface area contributed by atoms with Gasteiger partial charge in [-0.15, -0.1) is 0 Å². The fraction of sp³-hybridized carbons (Fsp3) is 0.321. The summed E-state index contributed by atoms with van der Waals surface area (Å²) in [6.45, 7) is 5.07. The zero-order valence-electron chi connectivity index (χ0n) is 19.2. The summed E-state index contributed by atoms with van der Waals surface area (Å²) < 4.78 is 11.4. The molecular formula is C28H33NO3. The average molecular weight is 432 g/mol. The van der Waals surface area contributed by atoms with Gasteiger partial charge >= 0.3 is 0 Å². The average Bonchev–Trinajstić information content (AvgIpc) is 2.84. The van der Waals surface area contributed by atoms with Crippen molar-refractivity contribution in [3.63, 3.8) is 0 Å². The van der Waals surface area contributed by atoms with E-state index in [4.69, 9.17) is 9.47 Å². The zero-order valence-corrected chi connectivity index (χ0v) is 19.2. The summed E-state index contributed by atoms with van der Waals surface area (Å²) in [5.74, 6) is 0.749. The van der Waals surface area contributed by atoms with Crippen molar-refractivity contribution < 1.29 is 14.3 Å². The molecule has 0 aromatic heterocycles. The van der Waals surface area contributed by atoms with E-state index in [1.165, 1.54) is 0 Å². The van der Waals surface area contributed by atoms with Crippen LogP contribution in [0, 0.1) is 5.92 Å². The third-order valence-electron chi connectivity index (χ3n) is 5.84. The summed E-state index contributed by atoms with van der Waals surface area (Å²) in [7, 11) is 1.65. The van der Waals surface area contributed by atoms with Crippen LogP contribution in [0.5, 0.6) is 5.75 Å². The third kappa shape index (κ3) is 6.44. The van der Waals surface area contributed by atoms with E-state index in [9.17, 15) is 4.79 Å². The molecule has 4 heteroatoms. The molecule has 1 amide bonds. The first kappa shape index (κ1) is 23.6. The predicted molar refractivity (Wildman–Crippen MR) is 129 cm³/mol. The lowest BCUT2D eigenvalue weighted by molar-refractivity contribution is -0.126. The van der Waals surface area contributed by atoms with Gasteiger partial charge in [0.15, 0.2) is 0 Å². The topological polar surface area (TPSA) is 47.6 Å². The zero-order chi connectivity index (χ0) is 22.8. The number of amides is 1. The largest absolute Gasteiger partial charge is 0.489 e. The molecule has 0 fully saturated rings. The molecule has 0 spiro atoms. The molecule has 0 saturated heterocycles. The molecule has 3 unspecified atom stereocenters. The molecule has 0 saturated carbocycles. The molecule has 168 valence electrons. The van der Waals surface area contributed by atoms with Gasteiger partial charge in [0.05, 0.1) is 12.6 Å². The molecule has 4 nitrogen and oxygen atoms in total. The van der Waals surface area contributed by atoms with Crippen molar-refractivity contribution in [1.82, 2.24) is 5.32 Å². The Kier molecular flexibility index (Phi) is 8.88. The van der Waals surface area contributed by atoms with Crippen LogP contribution in [0.3, 0.4) is 0 Å². The van der Waals surface area contributed by atoms with Gasteiger partial charge in [0.25, 0.3) is 0 Å². The van der Waals surface area contributed by atoms with Crippen molar-refractivity contribution >= 4 is 5.91 Å². The van der Waals surface area contributed by atoms with Gasteiger partial charge in [-0.2, -0.15) is 0 Å². The summed E-state index contributed by atoms with van der Waals surface area (Å²) in [6.07, 6.45) is 0.858. The van der Waals surface area contributed by atoms with Crippen LogP contribution in [0.15, 0.2) is 84.9 Å². The van der Waals surface area contributed by atoms with E-state index in [1.54, 1.807) is 7.11 Å². The predicted octanol–water partition coefficient (Wildman–Crippen LogP) is 5.90. The SMILES string of the molecule is CCC(c1cccc(OCc2ccccc2)c1)C(C)C(=O)NC(COC)c1ccccc1. The number of methoxy groups -OCH3 is 1. The molecule has 3 aromatic rings. The molecule has 0 aliphatic heterocycles. The highest BCUT2D eigenvalue weighted by Gasteiger charge is 2.26. The summed E-state index contributed by atoms with van der Waals surface area (Å²) in [4.78, 5) is 13.2. The maximum atomic E-state index is 13.2. The van der Waals surface area contributed by atoms with Crippen molar-refractivity contribution in [2.24, 2.45) is 5.92 Å². The molecule has 0 aliphatic rings. The first-order chi connectivity index (χ1) is 15.6. The number of nitrogens with one attached hydrogen (secondary N) is 1. The number of benzene rings is 3. The van der Waals surface area contributed by atoms with E-state index in [0.29, 0.717) is 13.2 Å². The van der Waals surface area contributed by atoms with Crippen LogP contribution in [0.1, 0.15) is 48.9 Å². The fourth-order valence-corrected chi connectivity index (χ4v) is 4.01. The second-order valence-corrected chi connectivity index (χ2v) is 8.08. The summed E-state index contributed by atoms with van der Waals surface area (Å²) in [5, 5.41) is 3.18. The Morgan fingerprint density at radius 2 is 1.56 bits per heavy atom. The number of hydrogen-bond acceptors (Lipinski definition) is 3. The summed E-state index contributed by atoms with van der Waals surface area (Å²) in [5.41, 5.74) is 3.28. The van der Waals surface area contributed by atoms with Crippen molar-refractivity contribution in [3.05, 3.63) is 102 Å². The van der Waals surface area contributed by atoms with Crippen LogP contribution in [0.25, 0.3) is 0 Å². The number of carbonyl (C=O) groups is 1. The van der Waals surface area contributed by atoms with Crippen LogP contribution < -0.4 is 10.1 Å². The van der Waals surface area contributed by atoms with E-state index >= 15 is 0 Å². The first-order valence-electron chi connectivity index (χ1n) is 11.2. The van der Waals surface area contributed by atoms with Gasteiger partial charge in [-0.05, 0) is 41.2 Å². The highest BCUT2D eigenvalue weighted by molar-refractivity contribution is 5.80. The Labute approximate surface area is 191 Å². The van der Waals surface area contributed by atoms with Gasteiger partial charge in [-0.1, -0.05) is 86.6 Å². The minimum atomic E-state index is -0.188. The molecule has 3 aromatic carbocycles. The van der Waals surface area contributed by atoms with Gasteiger partial charge in [0.1, 0.15) is 12.4 Å². The van der Waals surface area contributed by atoms with Crippen LogP contribution in [0.4, 0.5) is 0 Å². The minimum absolute atomic E-state index is 0.0263. The highest BCUT2D eigenvalue weighted by atomic mass is 16.5. The molecule has 3 atom stereocenters. The van der Waals surface area contributed by atoms with Gasteiger partial charge < -0.3 is 14.8 Å². The number of rotatable bonds is 11. The Morgan fingerprint density at radius 1 is 0.906 bits per heavy atom. The highest BCUT2D eigenvalue weighted by Crippen LogP contribution is 2.31. The standard InChI is InChI=1S/C28H33NO3/c1-4-26(21(2)28(30)29-27(20-31-3)23-14-9-6-10-15-23)24-16-11-17-25(18-24)32-19-22-12-7-5-8-13-22/h5-18,21,26-27H,4,19-20H2,1-3H3,(H,29,30). The number of ether oxygens (including phenoxy) is 2. The van der Waals surface area contributed by atoms with Gasteiger partial charge in [-0.3, -0.25) is 4.79 Å². The summed E-state index contributed by atoms with van der Waals surface area (Å²) in [6, 6.07) is 28.0. The van der Waals surface area contributed by atoms with Gasteiger partial charge in [-0.25, -0.2) is 0 Å². The van der Waals surface area contributed by atoms with Crippen molar-refractivity contribution in [1.29, 1.82) is 0 Å². The molecule has 0 radical (unpaired) electrons. The minimum Gasteiger partial charge on any atom is -0.489 e. The molecule has 0 aliphatic carbocycles. The molecule has 32 heavy (non-hydrogen) atoms. The maximum absolute atomic E-state index is 13.2. The van der Waals surface area contributed by atoms with Crippen LogP contribution in [0.2, 0.25) is 0 Å². The molecule has 0 bridgehead atoms. The van der Waals surface area contributed by atoms with E-state index in [-0.39, 0.29) is 23.8 Å². The Bertz CT molecular complexity index is 959. The fourth-order valence-electron chi connectivity index (χ4n) is 4.01. The first-order valence-corrected chi connectivity index (χ1v) is 11.2. The smallest absolute Gasteiger partial charge is 0.224 e. The van der Waals surface area contributed by atoms with E-state index in [1.807, 2.05) is 79.7 Å². The van der Waals surface area contributed by atoms with Crippen molar-refractivity contribution in [2.45, 2.75) is 38.8 Å². The lowest BCUT2D eigenvalue weighted by atomic mass is 9.84. The third-order valence-corrected chi connectivity index (χ3v) is 5.84. The van der Waals surface area contributed by atoms with Crippen LogP contribution >= 0.6 is 0 Å². The monoisotopic (exact) mass is 431 g/mol.